The fourth-order valence-corrected chi connectivity index (χ4v) is 3.39. The lowest BCUT2D eigenvalue weighted by Crippen LogP contribution is -2.18. The number of carbonyl (C=O) groups excluding carboxylic acids is 1. The number of nitrogens with one attached hydrogen (secondary N) is 2. The van der Waals surface area contributed by atoms with Crippen molar-refractivity contribution in [2.75, 3.05) is 5.32 Å². The van der Waals surface area contributed by atoms with Gasteiger partial charge in [0.15, 0.2) is 5.16 Å². The molecule has 1 aromatic heterocycles. The molecular formula is C19H16BrN3O2S. The summed E-state index contributed by atoms with van der Waals surface area (Å²) in [5.74, 6) is 0.475. The number of aromatic nitrogens is 2. The van der Waals surface area contributed by atoms with Gasteiger partial charge in [-0.05, 0) is 29.8 Å². The number of amides is 1. The molecule has 1 amide bonds. The number of thioether (sulfide) groups is 1. The monoisotopic (exact) mass is 429 g/mol. The molecule has 2 N–H and O–H groups in total. The van der Waals surface area contributed by atoms with Crippen LogP contribution < -0.4 is 10.9 Å². The second-order valence-electron chi connectivity index (χ2n) is 5.55. The molecular weight excluding hydrogens is 414 g/mol. The van der Waals surface area contributed by atoms with Gasteiger partial charge in [-0.25, -0.2) is 4.98 Å². The molecule has 0 unspecified atom stereocenters. The van der Waals surface area contributed by atoms with Crippen molar-refractivity contribution in [3.63, 3.8) is 0 Å². The maximum Gasteiger partial charge on any atom is 0.251 e. The first-order chi connectivity index (χ1) is 12.6. The Balaban J connectivity index is 1.64. The molecule has 0 radical (unpaired) electrons. The topological polar surface area (TPSA) is 74.8 Å². The van der Waals surface area contributed by atoms with E-state index in [1.54, 1.807) is 12.1 Å². The van der Waals surface area contributed by atoms with Crippen LogP contribution >= 0.6 is 27.7 Å². The molecule has 5 nitrogen and oxygen atoms in total. The van der Waals surface area contributed by atoms with E-state index < -0.39 is 0 Å². The second-order valence-corrected chi connectivity index (χ2v) is 7.43. The Hall–Kier alpha value is -2.38. The summed E-state index contributed by atoms with van der Waals surface area (Å²) in [7, 11) is 0. The van der Waals surface area contributed by atoms with Crippen molar-refractivity contribution < 1.29 is 4.79 Å². The van der Waals surface area contributed by atoms with E-state index >= 15 is 0 Å². The summed E-state index contributed by atoms with van der Waals surface area (Å²) in [6.07, 6.45) is 0.0406. The molecule has 0 aliphatic rings. The van der Waals surface area contributed by atoms with Gasteiger partial charge in [0, 0.05) is 22.0 Å². The fraction of sp³-hybridized carbons (Fsp3) is 0.105. The van der Waals surface area contributed by atoms with Crippen LogP contribution in [-0.2, 0) is 17.0 Å². The predicted octanol–water partition coefficient (Wildman–Crippen LogP) is 4.01. The highest BCUT2D eigenvalue weighted by molar-refractivity contribution is 9.10. The van der Waals surface area contributed by atoms with Crippen LogP contribution in [0.25, 0.3) is 0 Å². The van der Waals surface area contributed by atoms with Crippen molar-refractivity contribution in [1.82, 2.24) is 9.97 Å². The van der Waals surface area contributed by atoms with Gasteiger partial charge < -0.3 is 10.3 Å². The van der Waals surface area contributed by atoms with E-state index in [1.165, 1.54) is 17.8 Å². The standard InChI is InChI=1S/C19H16BrN3O2S/c20-14-6-8-15(9-7-14)21-17(24)10-16-11-18(25)23-19(22-16)26-12-13-4-2-1-3-5-13/h1-9,11H,10,12H2,(H,21,24)(H,22,23,25). The van der Waals surface area contributed by atoms with E-state index in [0.29, 0.717) is 22.3 Å². The van der Waals surface area contributed by atoms with E-state index in [2.05, 4.69) is 31.2 Å². The number of aromatic amines is 1. The van der Waals surface area contributed by atoms with Crippen molar-refractivity contribution in [2.45, 2.75) is 17.3 Å². The summed E-state index contributed by atoms with van der Waals surface area (Å²) >= 11 is 4.78. The van der Waals surface area contributed by atoms with Gasteiger partial charge in [0.05, 0.1) is 12.1 Å². The molecule has 0 saturated carbocycles. The molecule has 0 spiro atoms. The van der Waals surface area contributed by atoms with Crippen LogP contribution in [0.1, 0.15) is 11.3 Å². The molecule has 0 bridgehead atoms. The highest BCUT2D eigenvalue weighted by atomic mass is 79.9. The zero-order valence-corrected chi connectivity index (χ0v) is 16.1. The molecule has 0 aliphatic carbocycles. The summed E-state index contributed by atoms with van der Waals surface area (Å²) < 4.78 is 0.937. The van der Waals surface area contributed by atoms with Crippen molar-refractivity contribution in [1.29, 1.82) is 0 Å². The molecule has 0 fully saturated rings. The van der Waals surface area contributed by atoms with Crippen LogP contribution in [0.15, 0.2) is 75.1 Å². The minimum absolute atomic E-state index is 0.0406. The van der Waals surface area contributed by atoms with E-state index in [0.717, 1.165) is 10.0 Å². The summed E-state index contributed by atoms with van der Waals surface area (Å²) in [6, 6.07) is 18.6. The van der Waals surface area contributed by atoms with Gasteiger partial charge in [0.25, 0.3) is 5.56 Å². The first-order valence-electron chi connectivity index (χ1n) is 7.91. The SMILES string of the molecule is O=C(Cc1cc(=O)[nH]c(SCc2ccccc2)n1)Nc1ccc(Br)cc1. The van der Waals surface area contributed by atoms with Crippen molar-refractivity contribution in [2.24, 2.45) is 0 Å². The largest absolute Gasteiger partial charge is 0.326 e. The summed E-state index contributed by atoms with van der Waals surface area (Å²) in [5.41, 5.74) is 2.01. The van der Waals surface area contributed by atoms with Gasteiger partial charge in [0.2, 0.25) is 5.91 Å². The fourth-order valence-electron chi connectivity index (χ4n) is 2.27. The van der Waals surface area contributed by atoms with Crippen LogP contribution in [0.5, 0.6) is 0 Å². The van der Waals surface area contributed by atoms with Gasteiger partial charge in [-0.3, -0.25) is 9.59 Å². The minimum atomic E-state index is -0.262. The van der Waals surface area contributed by atoms with Crippen molar-refractivity contribution in [3.05, 3.63) is 86.7 Å². The van der Waals surface area contributed by atoms with Crippen molar-refractivity contribution >= 4 is 39.3 Å². The number of hydrogen-bond acceptors (Lipinski definition) is 4. The average molecular weight is 430 g/mol. The zero-order chi connectivity index (χ0) is 18.4. The molecule has 0 aliphatic heterocycles. The number of H-pyrrole nitrogens is 1. The number of anilines is 1. The number of hydrogen-bond donors (Lipinski definition) is 2. The molecule has 3 rings (SSSR count). The molecule has 7 heteroatoms. The van der Waals surface area contributed by atoms with Crippen LogP contribution in [0, 0.1) is 0 Å². The van der Waals surface area contributed by atoms with Crippen LogP contribution in [0.3, 0.4) is 0 Å². The minimum Gasteiger partial charge on any atom is -0.326 e. The third-order valence-electron chi connectivity index (χ3n) is 3.46. The molecule has 3 aromatic rings. The molecule has 0 atom stereocenters. The molecule has 1 heterocycles. The third-order valence-corrected chi connectivity index (χ3v) is 4.93. The molecule has 2 aromatic carbocycles. The number of rotatable bonds is 6. The van der Waals surface area contributed by atoms with E-state index in [9.17, 15) is 9.59 Å². The number of halogens is 1. The lowest BCUT2D eigenvalue weighted by molar-refractivity contribution is -0.115. The molecule has 26 heavy (non-hydrogen) atoms. The highest BCUT2D eigenvalue weighted by Crippen LogP contribution is 2.18. The molecule has 0 saturated heterocycles. The number of carbonyl (C=O) groups is 1. The first-order valence-corrected chi connectivity index (χ1v) is 9.69. The maximum atomic E-state index is 12.2. The Labute approximate surface area is 163 Å². The first kappa shape index (κ1) is 18.4. The number of nitrogens with zero attached hydrogens (tertiary/aromatic N) is 1. The smallest absolute Gasteiger partial charge is 0.251 e. The van der Waals surface area contributed by atoms with Crippen LogP contribution in [-0.4, -0.2) is 15.9 Å². The number of benzene rings is 2. The Morgan fingerprint density at radius 1 is 1.12 bits per heavy atom. The summed E-state index contributed by atoms with van der Waals surface area (Å²) in [4.78, 5) is 31.1. The quantitative estimate of drug-likeness (QED) is 0.458. The Morgan fingerprint density at radius 3 is 2.58 bits per heavy atom. The van der Waals surface area contributed by atoms with Gasteiger partial charge >= 0.3 is 0 Å². The van der Waals surface area contributed by atoms with Gasteiger partial charge in [0.1, 0.15) is 0 Å². The second kappa shape index (κ2) is 8.82. The Bertz CT molecular complexity index is 943. The normalized spacial score (nSPS) is 10.5. The Kier molecular flexibility index (Phi) is 6.25. The lowest BCUT2D eigenvalue weighted by Gasteiger charge is -2.06. The average Bonchev–Trinajstić information content (AvgIpc) is 2.62. The Morgan fingerprint density at radius 2 is 1.85 bits per heavy atom. The summed E-state index contributed by atoms with van der Waals surface area (Å²) in [5, 5.41) is 3.30. The highest BCUT2D eigenvalue weighted by Gasteiger charge is 2.09. The van der Waals surface area contributed by atoms with Crippen molar-refractivity contribution in [3.8, 4) is 0 Å². The van der Waals surface area contributed by atoms with E-state index in [1.807, 2.05) is 42.5 Å². The van der Waals surface area contributed by atoms with Gasteiger partial charge in [-0.1, -0.05) is 58.0 Å². The lowest BCUT2D eigenvalue weighted by atomic mass is 10.2. The summed E-state index contributed by atoms with van der Waals surface area (Å²) in [6.45, 7) is 0. The third kappa shape index (κ3) is 5.57. The van der Waals surface area contributed by atoms with Gasteiger partial charge in [-0.15, -0.1) is 0 Å². The molecule has 132 valence electrons. The maximum absolute atomic E-state index is 12.2. The van der Waals surface area contributed by atoms with Gasteiger partial charge in [-0.2, -0.15) is 0 Å². The predicted molar refractivity (Wildman–Crippen MR) is 107 cm³/mol. The van der Waals surface area contributed by atoms with E-state index in [-0.39, 0.29) is 17.9 Å². The van der Waals surface area contributed by atoms with Crippen LogP contribution in [0.2, 0.25) is 0 Å². The van der Waals surface area contributed by atoms with Crippen LogP contribution in [0.4, 0.5) is 5.69 Å². The van der Waals surface area contributed by atoms with E-state index in [4.69, 9.17) is 0 Å². The zero-order valence-electron chi connectivity index (χ0n) is 13.7.